The fraction of sp³-hybridized carbons (Fsp3) is 0.561. The molecule has 12 heteroatoms. The number of carbonyl (C=O) groups is 3. The van der Waals surface area contributed by atoms with Crippen LogP contribution >= 0.6 is 0 Å². The number of pyridine rings is 1. The Hall–Kier alpha value is -4.26. The topological polar surface area (TPSA) is 127 Å². The first-order valence-electron chi connectivity index (χ1n) is 19.0. The zero-order valence-electron chi connectivity index (χ0n) is 32.6. The first-order valence-corrected chi connectivity index (χ1v) is 19.0. The molecule has 286 valence electrons. The Labute approximate surface area is 313 Å². The molecule has 1 aromatic carbocycles. The Kier molecular flexibility index (Phi) is 11.3. The molecule has 5 heterocycles. The quantitative estimate of drug-likeness (QED) is 0.303. The number of amides is 2. The van der Waals surface area contributed by atoms with Crippen LogP contribution < -0.4 is 10.7 Å². The molecule has 0 radical (unpaired) electrons. The average molecular weight is 729 g/mol. The summed E-state index contributed by atoms with van der Waals surface area (Å²) in [5.41, 5.74) is 9.52. The largest absolute Gasteiger partial charge is 0.464 e. The minimum Gasteiger partial charge on any atom is -0.464 e. The number of nitrogens with one attached hydrogen (secondary N) is 2. The van der Waals surface area contributed by atoms with Crippen molar-refractivity contribution < 1.29 is 28.6 Å². The number of hydrazine groups is 1. The van der Waals surface area contributed by atoms with Gasteiger partial charge in [-0.25, -0.2) is 10.2 Å². The van der Waals surface area contributed by atoms with Crippen LogP contribution in [0.2, 0.25) is 0 Å². The van der Waals surface area contributed by atoms with Gasteiger partial charge in [-0.15, -0.1) is 0 Å². The van der Waals surface area contributed by atoms with Gasteiger partial charge in [-0.2, -0.15) is 0 Å². The van der Waals surface area contributed by atoms with Gasteiger partial charge in [0.25, 0.3) is 5.91 Å². The van der Waals surface area contributed by atoms with Crippen molar-refractivity contribution in [2.45, 2.75) is 104 Å². The summed E-state index contributed by atoms with van der Waals surface area (Å²) >= 11 is 0. The molecule has 12 nitrogen and oxygen atoms in total. The highest BCUT2D eigenvalue weighted by molar-refractivity contribution is 5.95. The standard InChI is InChI=1S/C41H56N6O6/c1-9-46-34-17-16-27-21-30(34)31(36(46)29-14-10-18-42-35(29)26(2)51-8)22-41(6,7)25-52-38(49)32-15-12-20-47(44-32)37(48)33(43-39(50)53-40(3,4)5)24-45-19-11-13-28(27)23-45/h10,13-14,16-18,21,26,32-33,44H,9,11-12,15,19-20,22-25H2,1-8H3,(H,43,50)/t26-,32-,33-/m0/s1. The molecular formula is C41H56N6O6. The summed E-state index contributed by atoms with van der Waals surface area (Å²) in [5.74, 6) is -0.718. The van der Waals surface area contributed by atoms with E-state index in [0.717, 1.165) is 52.9 Å². The Morgan fingerprint density at radius 3 is 2.72 bits per heavy atom. The van der Waals surface area contributed by atoms with Crippen LogP contribution in [-0.2, 0) is 36.8 Å². The van der Waals surface area contributed by atoms with Gasteiger partial charge in [0.05, 0.1) is 24.1 Å². The molecule has 6 bridgehead atoms. The lowest BCUT2D eigenvalue weighted by Gasteiger charge is -2.37. The van der Waals surface area contributed by atoms with E-state index in [0.29, 0.717) is 32.4 Å². The van der Waals surface area contributed by atoms with Gasteiger partial charge >= 0.3 is 12.1 Å². The van der Waals surface area contributed by atoms with Crippen LogP contribution in [0.4, 0.5) is 4.79 Å². The second-order valence-electron chi connectivity index (χ2n) is 16.3. The van der Waals surface area contributed by atoms with E-state index in [2.05, 4.69) is 71.3 Å². The lowest BCUT2D eigenvalue weighted by molar-refractivity contribution is -0.155. The van der Waals surface area contributed by atoms with Crippen LogP contribution in [0.3, 0.4) is 0 Å². The second kappa shape index (κ2) is 15.6. The first-order chi connectivity index (χ1) is 25.2. The Morgan fingerprint density at radius 1 is 1.19 bits per heavy atom. The molecule has 6 rings (SSSR count). The van der Waals surface area contributed by atoms with Crippen molar-refractivity contribution in [1.29, 1.82) is 0 Å². The van der Waals surface area contributed by atoms with Crippen molar-refractivity contribution in [3.8, 4) is 11.3 Å². The molecular weight excluding hydrogens is 672 g/mol. The number of rotatable bonds is 5. The monoisotopic (exact) mass is 728 g/mol. The number of carbonyl (C=O) groups excluding carboxylic acids is 3. The van der Waals surface area contributed by atoms with Gasteiger partial charge in [0.2, 0.25) is 0 Å². The molecule has 53 heavy (non-hydrogen) atoms. The van der Waals surface area contributed by atoms with E-state index >= 15 is 0 Å². The van der Waals surface area contributed by atoms with Gasteiger partial charge in [-0.3, -0.25) is 24.5 Å². The molecule has 2 amide bonds. The number of esters is 1. The van der Waals surface area contributed by atoms with Crippen LogP contribution in [0.1, 0.15) is 90.7 Å². The van der Waals surface area contributed by atoms with Crippen molar-refractivity contribution in [2.24, 2.45) is 5.41 Å². The van der Waals surface area contributed by atoms with E-state index in [-0.39, 0.29) is 25.2 Å². The fourth-order valence-electron chi connectivity index (χ4n) is 7.76. The third-order valence-corrected chi connectivity index (χ3v) is 10.3. The zero-order chi connectivity index (χ0) is 38.1. The van der Waals surface area contributed by atoms with E-state index in [1.807, 2.05) is 19.2 Å². The summed E-state index contributed by atoms with van der Waals surface area (Å²) in [6, 6.07) is 9.19. The van der Waals surface area contributed by atoms with Crippen LogP contribution in [0.5, 0.6) is 0 Å². The molecule has 3 aromatic rings. The minimum atomic E-state index is -0.900. The van der Waals surface area contributed by atoms with Crippen molar-refractivity contribution in [3.63, 3.8) is 0 Å². The number of hydrogen-bond donors (Lipinski definition) is 2. The summed E-state index contributed by atoms with van der Waals surface area (Å²) in [6.45, 7) is 16.8. The number of ether oxygens (including phenoxy) is 3. The van der Waals surface area contributed by atoms with Crippen molar-refractivity contribution >= 4 is 34.4 Å². The molecule has 1 fully saturated rings. The van der Waals surface area contributed by atoms with Gasteiger partial charge in [-0.05, 0) is 101 Å². The summed E-state index contributed by atoms with van der Waals surface area (Å²) < 4.78 is 19.8. The third-order valence-electron chi connectivity index (χ3n) is 10.3. The molecule has 3 aliphatic rings. The molecule has 4 atom stereocenters. The Bertz CT molecular complexity index is 1880. The van der Waals surface area contributed by atoms with Gasteiger partial charge in [0.15, 0.2) is 0 Å². The first kappa shape index (κ1) is 38.5. The zero-order valence-corrected chi connectivity index (χ0v) is 32.6. The molecule has 2 aromatic heterocycles. The van der Waals surface area contributed by atoms with Crippen LogP contribution in [0, 0.1) is 5.41 Å². The summed E-state index contributed by atoms with van der Waals surface area (Å²) in [6.07, 6.45) is 5.81. The predicted octanol–water partition coefficient (Wildman–Crippen LogP) is 6.03. The number of cyclic esters (lactones) is 1. The lowest BCUT2D eigenvalue weighted by atomic mass is 9.84. The number of fused-ring (bicyclic) bond motifs is 6. The molecule has 0 aliphatic carbocycles. The number of benzene rings is 1. The average Bonchev–Trinajstić information content (AvgIpc) is 3.43. The van der Waals surface area contributed by atoms with Crippen molar-refractivity contribution in [2.75, 3.05) is 39.9 Å². The van der Waals surface area contributed by atoms with Gasteiger partial charge in [0.1, 0.15) is 17.7 Å². The summed E-state index contributed by atoms with van der Waals surface area (Å²) in [4.78, 5) is 47.8. The van der Waals surface area contributed by atoms with Gasteiger partial charge < -0.3 is 24.1 Å². The summed E-state index contributed by atoms with van der Waals surface area (Å²) in [5, 5.41) is 5.47. The molecule has 0 saturated carbocycles. The maximum Gasteiger partial charge on any atom is 0.408 e. The number of methoxy groups -OCH3 is 1. The molecule has 0 spiro atoms. The van der Waals surface area contributed by atoms with Gasteiger partial charge in [-0.1, -0.05) is 26.0 Å². The molecule has 1 saturated heterocycles. The maximum atomic E-state index is 14.1. The van der Waals surface area contributed by atoms with Crippen LogP contribution in [0.15, 0.2) is 42.6 Å². The third kappa shape index (κ3) is 8.60. The Morgan fingerprint density at radius 2 is 1.98 bits per heavy atom. The number of nitrogens with zero attached hydrogens (tertiary/aromatic N) is 4. The predicted molar refractivity (Wildman–Crippen MR) is 205 cm³/mol. The molecule has 1 unspecified atom stereocenters. The maximum absolute atomic E-state index is 14.1. The highest BCUT2D eigenvalue weighted by Gasteiger charge is 2.37. The van der Waals surface area contributed by atoms with Crippen LogP contribution in [-0.4, -0.2) is 95.0 Å². The van der Waals surface area contributed by atoms with E-state index < -0.39 is 35.2 Å². The minimum absolute atomic E-state index is 0.188. The van der Waals surface area contributed by atoms with E-state index in [1.165, 1.54) is 16.1 Å². The van der Waals surface area contributed by atoms with E-state index in [4.69, 9.17) is 19.2 Å². The summed E-state index contributed by atoms with van der Waals surface area (Å²) in [7, 11) is 1.70. The highest BCUT2D eigenvalue weighted by Crippen LogP contribution is 2.41. The van der Waals surface area contributed by atoms with Crippen LogP contribution in [0.25, 0.3) is 27.7 Å². The fourth-order valence-corrected chi connectivity index (χ4v) is 7.76. The second-order valence-corrected chi connectivity index (χ2v) is 16.3. The normalized spacial score (nSPS) is 23.1. The highest BCUT2D eigenvalue weighted by atomic mass is 16.6. The van der Waals surface area contributed by atoms with Gasteiger partial charge in [0, 0.05) is 67.9 Å². The smallest absolute Gasteiger partial charge is 0.408 e. The Balaban J connectivity index is 1.46. The SMILES string of the molecule is CCn1c(-c2cccnc2[C@H](C)OC)c2c3cc(ccc31)C1=CCCN(C1)C[C@H](NC(=O)OC(C)(C)C)C(=O)N1CCC[C@H](N1)C(=O)OCC(C)(C)C2. The van der Waals surface area contributed by atoms with E-state index in [1.54, 1.807) is 27.9 Å². The molecule has 2 N–H and O–H groups in total. The number of aromatic nitrogens is 2. The number of alkyl carbamates (subject to hydrolysis) is 1. The van der Waals surface area contributed by atoms with Crippen molar-refractivity contribution in [1.82, 2.24) is 30.2 Å². The molecule has 3 aliphatic heterocycles. The number of aryl methyl sites for hydroxylation is 1. The lowest BCUT2D eigenvalue weighted by Crippen LogP contribution is -2.62. The van der Waals surface area contributed by atoms with E-state index in [9.17, 15) is 14.4 Å². The number of hydrogen-bond acceptors (Lipinski definition) is 9. The van der Waals surface area contributed by atoms with Crippen molar-refractivity contribution in [3.05, 3.63) is 59.4 Å².